The molecule has 2 aliphatic heterocycles. The van der Waals surface area contributed by atoms with Crippen LogP contribution in [-0.4, -0.2) is 15.8 Å². The normalized spacial score (nSPS) is 15.5. The molecule has 2 aliphatic rings. The van der Waals surface area contributed by atoms with Crippen molar-refractivity contribution in [3.8, 4) is 44.8 Å². The van der Waals surface area contributed by atoms with Crippen LogP contribution in [0.1, 0.15) is 21.9 Å². The zero-order chi connectivity index (χ0) is 64.5. The van der Waals surface area contributed by atoms with Gasteiger partial charge in [-0.3, -0.25) is 0 Å². The molecule has 358 valence electrons. The Labute approximate surface area is 469 Å². The first-order valence-electron chi connectivity index (χ1n) is 33.3. The lowest BCUT2D eigenvalue weighted by atomic mass is 9.33. The van der Waals surface area contributed by atoms with Gasteiger partial charge in [0, 0.05) is 66.9 Å². The van der Waals surface area contributed by atoms with E-state index < -0.39 is 103 Å². The van der Waals surface area contributed by atoms with Crippen LogP contribution in [0.15, 0.2) is 285 Å². The molecule has 2 aromatic heterocycles. The molecule has 77 heavy (non-hydrogen) atoms. The van der Waals surface area contributed by atoms with E-state index in [4.69, 9.17) is 11.0 Å². The van der Waals surface area contributed by atoms with Gasteiger partial charge in [-0.05, 0) is 123 Å². The number of nitrogens with zero attached hydrogens (tertiary/aromatic N) is 4. The fourth-order valence-corrected chi connectivity index (χ4v) is 11.9. The van der Waals surface area contributed by atoms with Gasteiger partial charge >= 0.3 is 0 Å². The summed E-state index contributed by atoms with van der Waals surface area (Å²) in [6.07, 6.45) is 0. The smallest absolute Gasteiger partial charge is 0.252 e. The fraction of sp³-hybridized carbons (Fsp3) is 0. The van der Waals surface area contributed by atoms with E-state index in [0.29, 0.717) is 22.7 Å². The van der Waals surface area contributed by atoms with Crippen LogP contribution in [-0.2, 0) is 0 Å². The summed E-state index contributed by atoms with van der Waals surface area (Å²) < 4.78 is 150. The Morgan fingerprint density at radius 3 is 1.18 bits per heavy atom. The van der Waals surface area contributed by atoms with E-state index in [2.05, 4.69) is 52.3 Å². The third-order valence-corrected chi connectivity index (χ3v) is 15.2. The first kappa shape index (κ1) is 30.3. The molecule has 0 spiro atoms. The summed E-state index contributed by atoms with van der Waals surface area (Å²) in [7, 11) is 0. The van der Waals surface area contributed by atoms with Crippen LogP contribution in [0.4, 0.5) is 34.1 Å². The van der Waals surface area contributed by atoms with Gasteiger partial charge in [0.1, 0.15) is 0 Å². The number of fused-ring (bicyclic) bond motifs is 10. The van der Waals surface area contributed by atoms with Crippen LogP contribution in [0.2, 0.25) is 0 Å². The molecule has 16 rings (SSSR count). The van der Waals surface area contributed by atoms with Gasteiger partial charge in [-0.2, -0.15) is 0 Å². The van der Waals surface area contributed by atoms with Gasteiger partial charge in [0.15, 0.2) is 0 Å². The molecule has 0 bridgehead atoms. The standard InChI is InChI=1S/C72H47BN4/c1-4-20-48(21-5-1)50-36-38-53(39-37-50)74-68-46-54(75-64-32-16-11-27-57(64)58-28-12-17-33-65(58)75)40-42-61(68)73-62-43-41-55(76-66-34-18-13-29-59(66)60-30-14-19-35-67(60)76)47-69(62)77(63-31-15-10-26-56(63)51-24-8-3-9-25-51)71-45-52(44-70(74)72(71)73)49-22-6-2-7-23-49/h1-47H/i11D,12D,13D,14D,16D,17D,18D,19D,27D,28D,29D,30D,32D,33D,34D,35D. The Hall–Kier alpha value is -10.1. The molecule has 4 heterocycles. The zero-order valence-corrected chi connectivity index (χ0v) is 40.8. The number of benzene rings is 12. The Kier molecular flexibility index (Phi) is 6.79. The number of rotatable bonds is 7. The zero-order valence-electron chi connectivity index (χ0n) is 56.8. The van der Waals surface area contributed by atoms with Crippen molar-refractivity contribution in [3.05, 3.63) is 285 Å². The van der Waals surface area contributed by atoms with Crippen LogP contribution in [0.25, 0.3) is 88.4 Å². The maximum absolute atomic E-state index is 9.53. The minimum atomic E-state index is -0.645. The molecule has 0 fully saturated rings. The average Bonchev–Trinajstić information content (AvgIpc) is 1.70. The number of hydrogen-bond acceptors (Lipinski definition) is 2. The van der Waals surface area contributed by atoms with Crippen molar-refractivity contribution in [2.75, 3.05) is 9.80 Å². The van der Waals surface area contributed by atoms with Gasteiger partial charge in [0.2, 0.25) is 0 Å². The summed E-state index contributed by atoms with van der Waals surface area (Å²) in [6.45, 7) is -0.645. The fourth-order valence-electron chi connectivity index (χ4n) is 11.9. The topological polar surface area (TPSA) is 16.3 Å². The maximum atomic E-state index is 9.53. The minimum Gasteiger partial charge on any atom is -0.311 e. The predicted molar refractivity (Wildman–Crippen MR) is 325 cm³/mol. The van der Waals surface area contributed by atoms with Crippen molar-refractivity contribution < 1.29 is 21.9 Å². The first-order valence-corrected chi connectivity index (χ1v) is 25.3. The lowest BCUT2D eigenvalue weighted by Gasteiger charge is -2.45. The molecule has 0 amide bonds. The molecule has 0 saturated carbocycles. The lowest BCUT2D eigenvalue weighted by molar-refractivity contribution is 1.17. The number of hydrogen-bond donors (Lipinski definition) is 0. The highest BCUT2D eigenvalue weighted by Crippen LogP contribution is 2.49. The van der Waals surface area contributed by atoms with Crippen LogP contribution in [0.3, 0.4) is 0 Å². The van der Waals surface area contributed by atoms with Crippen LogP contribution in [0, 0.1) is 0 Å². The summed E-state index contributed by atoms with van der Waals surface area (Å²) in [5, 5.41) is -0.228. The second-order valence-corrected chi connectivity index (χ2v) is 19.2. The Morgan fingerprint density at radius 2 is 0.675 bits per heavy atom. The second kappa shape index (κ2) is 17.2. The summed E-state index contributed by atoms with van der Waals surface area (Å²) in [5.41, 5.74) is 12.6. The van der Waals surface area contributed by atoms with Crippen molar-refractivity contribution in [2.24, 2.45) is 0 Å². The van der Waals surface area contributed by atoms with E-state index in [9.17, 15) is 11.0 Å². The number of aromatic nitrogens is 2. The van der Waals surface area contributed by atoms with Gasteiger partial charge in [-0.15, -0.1) is 0 Å². The van der Waals surface area contributed by atoms with Crippen molar-refractivity contribution in [1.82, 2.24) is 9.13 Å². The van der Waals surface area contributed by atoms with Gasteiger partial charge in [0.05, 0.1) is 49.7 Å². The molecule has 0 aliphatic carbocycles. The van der Waals surface area contributed by atoms with Crippen LogP contribution < -0.4 is 26.2 Å². The van der Waals surface area contributed by atoms with Crippen molar-refractivity contribution in [1.29, 1.82) is 0 Å². The Morgan fingerprint density at radius 1 is 0.286 bits per heavy atom. The van der Waals surface area contributed by atoms with E-state index in [1.165, 1.54) is 9.13 Å². The van der Waals surface area contributed by atoms with E-state index in [-0.39, 0.29) is 43.6 Å². The summed E-state index contributed by atoms with van der Waals surface area (Å²) in [4.78, 5) is 4.38. The highest BCUT2D eigenvalue weighted by molar-refractivity contribution is 7.00. The van der Waals surface area contributed by atoms with E-state index in [1.54, 1.807) is 0 Å². The number of anilines is 6. The van der Waals surface area contributed by atoms with Crippen molar-refractivity contribution in [3.63, 3.8) is 0 Å². The van der Waals surface area contributed by atoms with Gasteiger partial charge < -0.3 is 18.9 Å². The second-order valence-electron chi connectivity index (χ2n) is 19.2. The summed E-state index contributed by atoms with van der Waals surface area (Å²) >= 11 is 0. The quantitative estimate of drug-likeness (QED) is 0.148. The van der Waals surface area contributed by atoms with Crippen molar-refractivity contribution >= 4 is 101 Å². The molecule has 5 heteroatoms. The van der Waals surface area contributed by atoms with E-state index in [0.717, 1.165) is 72.5 Å². The molecule has 4 nitrogen and oxygen atoms in total. The van der Waals surface area contributed by atoms with Gasteiger partial charge in [-0.1, -0.05) is 206 Å². The van der Waals surface area contributed by atoms with E-state index in [1.807, 2.05) is 146 Å². The first-order chi connectivity index (χ1) is 44.9. The lowest BCUT2D eigenvalue weighted by Crippen LogP contribution is -2.61. The maximum Gasteiger partial charge on any atom is 0.252 e. The van der Waals surface area contributed by atoms with Crippen LogP contribution in [0.5, 0.6) is 0 Å². The molecular weight excluding hydrogens is 932 g/mol. The van der Waals surface area contributed by atoms with Crippen molar-refractivity contribution in [2.45, 2.75) is 0 Å². The Bertz CT molecular complexity index is 5450. The molecule has 0 saturated heterocycles. The molecule has 0 atom stereocenters. The summed E-state index contributed by atoms with van der Waals surface area (Å²) in [6, 6.07) is 54.0. The van der Waals surface area contributed by atoms with Gasteiger partial charge in [-0.25, -0.2) is 0 Å². The largest absolute Gasteiger partial charge is 0.311 e. The van der Waals surface area contributed by atoms with E-state index >= 15 is 0 Å². The molecule has 14 aromatic rings. The Balaban J connectivity index is 1.06. The van der Waals surface area contributed by atoms with Gasteiger partial charge in [0.25, 0.3) is 6.71 Å². The molecular formula is C72H47BN4. The summed E-state index contributed by atoms with van der Waals surface area (Å²) in [5.74, 6) is 0. The highest BCUT2D eigenvalue weighted by atomic mass is 15.2. The molecule has 0 unspecified atom stereocenters. The monoisotopic (exact) mass is 994 g/mol. The van der Waals surface area contributed by atoms with Crippen LogP contribution >= 0.6 is 0 Å². The predicted octanol–water partition coefficient (Wildman–Crippen LogP) is 17.0. The third-order valence-electron chi connectivity index (χ3n) is 15.2. The molecule has 0 radical (unpaired) electrons. The minimum absolute atomic E-state index is 0.0328. The number of para-hydroxylation sites is 5. The third kappa shape index (κ3) is 6.67. The SMILES string of the molecule is [2H]c1c([2H])c([2H])c2c(c1[2H])c1c([2H])c([2H])c([2H])c([2H])c1n2-c1ccc2c(c1)N(c1ccc(-c3ccccc3)cc1)c1cc(-c3ccccc3)cc3c1B2c1ccc(-n2c4c([2H])c([2H])c([2H])c([2H])c4c4c([2H])c([2H])c([2H])c([2H])c42)cc1N3c1ccccc1-c1ccccc1. The molecule has 12 aromatic carbocycles. The molecule has 0 N–H and O–H groups in total. The highest BCUT2D eigenvalue weighted by Gasteiger charge is 2.44. The average molecular weight is 995 g/mol.